The quantitative estimate of drug-likeness (QED) is 0.641. The van der Waals surface area contributed by atoms with Crippen LogP contribution in [-0.2, 0) is 0 Å². The molecule has 0 spiro atoms. The first-order valence-electron chi connectivity index (χ1n) is 9.24. The maximum atomic E-state index is 13.4. The fraction of sp³-hybridized carbons (Fsp3) is 0.174. The van der Waals surface area contributed by atoms with E-state index < -0.39 is 6.23 Å². The number of ether oxygens (including phenoxy) is 2. The molecule has 2 atom stereocenters. The second kappa shape index (κ2) is 6.68. The van der Waals surface area contributed by atoms with Gasteiger partial charge in [-0.15, -0.1) is 0 Å². The molecule has 3 aromatic rings. The molecular weight excluding hydrogens is 355 g/mol. The highest BCUT2D eigenvalue weighted by molar-refractivity contribution is 6.02. The second-order valence-electron chi connectivity index (χ2n) is 6.94. The summed E-state index contributed by atoms with van der Waals surface area (Å²) in [5, 5.41) is 6.90. The SMILES string of the molecule is COc1cccc(C2=NN3[C@@H](c4ccc(F)cc4)Oc4ccccc4[C@@H]3C2)c1. The van der Waals surface area contributed by atoms with Crippen LogP contribution in [-0.4, -0.2) is 17.8 Å². The summed E-state index contributed by atoms with van der Waals surface area (Å²) >= 11 is 0. The van der Waals surface area contributed by atoms with E-state index >= 15 is 0 Å². The topological polar surface area (TPSA) is 34.1 Å². The third kappa shape index (κ3) is 2.80. The van der Waals surface area contributed by atoms with Gasteiger partial charge in [-0.1, -0.05) is 42.5 Å². The first kappa shape index (κ1) is 16.8. The van der Waals surface area contributed by atoms with E-state index in [2.05, 4.69) is 6.07 Å². The van der Waals surface area contributed by atoms with Crippen molar-refractivity contribution >= 4 is 5.71 Å². The minimum Gasteiger partial charge on any atom is -0.497 e. The standard InChI is InChI=1S/C23H19FN2O2/c1-27-18-6-4-5-16(13-18)20-14-21-19-7-2-3-8-22(19)28-23(26(21)25-20)15-9-11-17(24)12-10-15/h2-13,21,23H,14H2,1H3/t21-,23+/m0/s1. The van der Waals surface area contributed by atoms with E-state index in [4.69, 9.17) is 14.6 Å². The van der Waals surface area contributed by atoms with Crippen LogP contribution in [0.25, 0.3) is 0 Å². The largest absolute Gasteiger partial charge is 0.497 e. The number of nitrogens with zero attached hydrogens (tertiary/aromatic N) is 2. The van der Waals surface area contributed by atoms with Gasteiger partial charge < -0.3 is 9.47 Å². The third-order valence-corrected chi connectivity index (χ3v) is 5.26. The Morgan fingerprint density at radius 3 is 2.68 bits per heavy atom. The van der Waals surface area contributed by atoms with Gasteiger partial charge in [0.2, 0.25) is 6.23 Å². The minimum atomic E-state index is -0.399. The highest BCUT2D eigenvalue weighted by atomic mass is 19.1. The lowest BCUT2D eigenvalue weighted by Gasteiger charge is -2.38. The zero-order chi connectivity index (χ0) is 19.1. The molecule has 0 saturated heterocycles. The van der Waals surface area contributed by atoms with Crippen LogP contribution < -0.4 is 9.47 Å². The molecule has 0 amide bonds. The van der Waals surface area contributed by atoms with E-state index in [0.29, 0.717) is 0 Å². The number of rotatable bonds is 3. The molecule has 2 aliphatic heterocycles. The molecule has 0 radical (unpaired) electrons. The van der Waals surface area contributed by atoms with Gasteiger partial charge in [-0.3, -0.25) is 0 Å². The van der Waals surface area contributed by atoms with Crippen molar-refractivity contribution in [2.24, 2.45) is 5.10 Å². The predicted octanol–water partition coefficient (Wildman–Crippen LogP) is 5.08. The number of benzene rings is 3. The lowest BCUT2D eigenvalue weighted by molar-refractivity contribution is -0.0190. The molecule has 0 fully saturated rings. The Hall–Kier alpha value is -3.34. The van der Waals surface area contributed by atoms with Crippen LogP contribution >= 0.6 is 0 Å². The molecule has 2 aliphatic rings. The average molecular weight is 374 g/mol. The van der Waals surface area contributed by atoms with Crippen LogP contribution in [0.3, 0.4) is 0 Å². The smallest absolute Gasteiger partial charge is 0.213 e. The van der Waals surface area contributed by atoms with Crippen LogP contribution in [0, 0.1) is 5.82 Å². The lowest BCUT2D eigenvalue weighted by Crippen LogP contribution is -2.33. The summed E-state index contributed by atoms with van der Waals surface area (Å²) in [7, 11) is 1.66. The minimum absolute atomic E-state index is 0.0706. The van der Waals surface area contributed by atoms with Crippen molar-refractivity contribution in [3.05, 3.63) is 95.3 Å². The zero-order valence-corrected chi connectivity index (χ0v) is 15.4. The van der Waals surface area contributed by atoms with E-state index in [1.807, 2.05) is 47.5 Å². The van der Waals surface area contributed by atoms with Crippen LogP contribution in [0.15, 0.2) is 77.9 Å². The number of hydrazone groups is 1. The molecule has 0 N–H and O–H groups in total. The number of fused-ring (bicyclic) bond motifs is 3. The van der Waals surface area contributed by atoms with E-state index in [0.717, 1.165) is 40.3 Å². The first-order chi connectivity index (χ1) is 13.7. The lowest BCUT2D eigenvalue weighted by atomic mass is 9.96. The summed E-state index contributed by atoms with van der Waals surface area (Å²) in [6.07, 6.45) is 0.370. The summed E-state index contributed by atoms with van der Waals surface area (Å²) < 4.78 is 25.1. The highest BCUT2D eigenvalue weighted by Gasteiger charge is 2.40. The van der Waals surface area contributed by atoms with Gasteiger partial charge in [-0.2, -0.15) is 5.10 Å². The van der Waals surface area contributed by atoms with Gasteiger partial charge in [-0.25, -0.2) is 9.40 Å². The van der Waals surface area contributed by atoms with E-state index in [1.54, 1.807) is 19.2 Å². The Kier molecular flexibility index (Phi) is 4.01. The summed E-state index contributed by atoms with van der Waals surface area (Å²) in [6, 6.07) is 22.5. The fourth-order valence-electron chi connectivity index (χ4n) is 3.86. The van der Waals surface area contributed by atoms with Gasteiger partial charge in [0.25, 0.3) is 0 Å². The van der Waals surface area contributed by atoms with Gasteiger partial charge in [0.1, 0.15) is 17.3 Å². The molecule has 0 saturated carbocycles. The Balaban J connectivity index is 1.58. The molecule has 4 nitrogen and oxygen atoms in total. The maximum Gasteiger partial charge on any atom is 0.213 e. The Labute approximate surface area is 162 Å². The van der Waals surface area contributed by atoms with E-state index in [-0.39, 0.29) is 11.9 Å². The second-order valence-corrected chi connectivity index (χ2v) is 6.94. The van der Waals surface area contributed by atoms with Crippen molar-refractivity contribution in [1.29, 1.82) is 0 Å². The van der Waals surface area contributed by atoms with Gasteiger partial charge in [0.15, 0.2) is 0 Å². The molecule has 3 aromatic carbocycles. The van der Waals surface area contributed by atoms with Crippen LogP contribution in [0.1, 0.15) is 35.4 Å². The van der Waals surface area contributed by atoms with Crippen molar-refractivity contribution in [1.82, 2.24) is 5.01 Å². The van der Waals surface area contributed by atoms with Crippen molar-refractivity contribution in [2.45, 2.75) is 18.7 Å². The molecule has 0 bridgehead atoms. The van der Waals surface area contributed by atoms with Crippen molar-refractivity contribution in [2.75, 3.05) is 7.11 Å². The summed E-state index contributed by atoms with van der Waals surface area (Å²) in [4.78, 5) is 0. The van der Waals surface area contributed by atoms with Gasteiger partial charge in [0.05, 0.1) is 18.9 Å². The molecule has 28 heavy (non-hydrogen) atoms. The normalized spacial score (nSPS) is 20.1. The van der Waals surface area contributed by atoms with Crippen LogP contribution in [0.4, 0.5) is 4.39 Å². The maximum absolute atomic E-state index is 13.4. The molecule has 0 aromatic heterocycles. The van der Waals surface area contributed by atoms with Crippen molar-refractivity contribution in [3.8, 4) is 11.5 Å². The molecule has 5 heteroatoms. The number of hydrogen-bond acceptors (Lipinski definition) is 4. The van der Waals surface area contributed by atoms with Crippen LogP contribution in [0.2, 0.25) is 0 Å². The fourth-order valence-corrected chi connectivity index (χ4v) is 3.86. The van der Waals surface area contributed by atoms with Gasteiger partial charge in [0, 0.05) is 23.1 Å². The number of halogens is 1. The van der Waals surface area contributed by atoms with E-state index in [9.17, 15) is 4.39 Å². The van der Waals surface area contributed by atoms with Gasteiger partial charge >= 0.3 is 0 Å². The first-order valence-corrected chi connectivity index (χ1v) is 9.24. The molecule has 0 aliphatic carbocycles. The Morgan fingerprint density at radius 1 is 1.04 bits per heavy atom. The number of methoxy groups -OCH3 is 1. The number of para-hydroxylation sites is 1. The van der Waals surface area contributed by atoms with Crippen molar-refractivity contribution < 1.29 is 13.9 Å². The summed E-state index contributed by atoms with van der Waals surface area (Å²) in [5.74, 6) is 1.38. The van der Waals surface area contributed by atoms with Crippen LogP contribution in [0.5, 0.6) is 11.5 Å². The van der Waals surface area contributed by atoms with Gasteiger partial charge in [-0.05, 0) is 30.3 Å². The predicted molar refractivity (Wildman–Crippen MR) is 105 cm³/mol. The summed E-state index contributed by atoms with van der Waals surface area (Å²) in [6.45, 7) is 0. The monoisotopic (exact) mass is 374 g/mol. The molecule has 5 rings (SSSR count). The Morgan fingerprint density at radius 2 is 1.86 bits per heavy atom. The molecule has 2 heterocycles. The third-order valence-electron chi connectivity index (χ3n) is 5.26. The van der Waals surface area contributed by atoms with Crippen molar-refractivity contribution in [3.63, 3.8) is 0 Å². The average Bonchev–Trinajstić information content (AvgIpc) is 3.20. The van der Waals surface area contributed by atoms with E-state index in [1.165, 1.54) is 12.1 Å². The Bertz CT molecular complexity index is 1050. The molecule has 140 valence electrons. The number of hydrogen-bond donors (Lipinski definition) is 0. The zero-order valence-electron chi connectivity index (χ0n) is 15.4. The summed E-state index contributed by atoms with van der Waals surface area (Å²) in [5.41, 5.74) is 4.00. The highest BCUT2D eigenvalue weighted by Crippen LogP contribution is 2.47. The molecule has 0 unspecified atom stereocenters. The molecular formula is C23H19FN2O2.